The van der Waals surface area contributed by atoms with Gasteiger partial charge in [-0.1, -0.05) is 42.5 Å². The number of nitrogens with one attached hydrogen (secondary N) is 2. The first-order valence-corrected chi connectivity index (χ1v) is 8.03. The summed E-state index contributed by atoms with van der Waals surface area (Å²) in [6.07, 6.45) is 7.75. The fourth-order valence-electron chi connectivity index (χ4n) is 1.95. The van der Waals surface area contributed by atoms with E-state index in [2.05, 4.69) is 42.8 Å². The molecule has 8 heteroatoms. The zero-order valence-electron chi connectivity index (χ0n) is 13.7. The van der Waals surface area contributed by atoms with Crippen molar-refractivity contribution in [3.63, 3.8) is 0 Å². The van der Waals surface area contributed by atoms with E-state index in [9.17, 15) is 4.79 Å². The summed E-state index contributed by atoms with van der Waals surface area (Å²) in [5, 5.41) is 12.3. The molecule has 0 aliphatic heterocycles. The Kier molecular flexibility index (Phi) is 7.33. The maximum Gasteiger partial charge on any atom is 0.181 e. The van der Waals surface area contributed by atoms with Gasteiger partial charge in [-0.05, 0) is 12.0 Å². The normalized spacial score (nSPS) is 9.64. The van der Waals surface area contributed by atoms with Gasteiger partial charge in [-0.2, -0.15) is 15.4 Å². The van der Waals surface area contributed by atoms with E-state index >= 15 is 0 Å². The number of anilines is 1. The number of rotatable bonds is 5. The molecule has 0 saturated carbocycles. The lowest BCUT2D eigenvalue weighted by molar-refractivity contribution is 0.101. The van der Waals surface area contributed by atoms with E-state index in [0.717, 1.165) is 6.42 Å². The standard InChI is InChI=1S/C15H15N3OS.C2H3N3/c1-11(19)14-15(17-10-9-16-14)18-13(20)8-7-12-5-3-2-4-6-12;1-2-4-5-3-1/h2-6,9-10H,7-8H2,1H3,(H,17,18,20);1-2H,(H,3,4,5). The summed E-state index contributed by atoms with van der Waals surface area (Å²) >= 11 is 5.29. The van der Waals surface area contributed by atoms with Gasteiger partial charge in [-0.15, -0.1) is 0 Å². The molecule has 0 amide bonds. The molecule has 0 saturated heterocycles. The van der Waals surface area contributed by atoms with E-state index in [1.54, 1.807) is 12.4 Å². The maximum absolute atomic E-state index is 11.4. The largest absolute Gasteiger partial charge is 0.333 e. The molecular weight excluding hydrogens is 336 g/mol. The fraction of sp³-hybridized carbons (Fsp3) is 0.176. The minimum atomic E-state index is -0.133. The van der Waals surface area contributed by atoms with Crippen molar-refractivity contribution in [3.8, 4) is 0 Å². The highest BCUT2D eigenvalue weighted by molar-refractivity contribution is 7.80. The summed E-state index contributed by atoms with van der Waals surface area (Å²) in [6, 6.07) is 10.1. The molecule has 2 heterocycles. The Morgan fingerprint density at radius 3 is 2.36 bits per heavy atom. The molecule has 0 bridgehead atoms. The maximum atomic E-state index is 11.4. The SMILES string of the molecule is CC(=O)c1nccnc1NC(=S)CCc1ccccc1.c1cn[nH]n1. The predicted octanol–water partition coefficient (Wildman–Crippen LogP) is 2.86. The van der Waals surface area contributed by atoms with Crippen molar-refractivity contribution in [2.45, 2.75) is 19.8 Å². The number of aryl methyl sites for hydroxylation is 1. The quantitative estimate of drug-likeness (QED) is 0.537. The minimum Gasteiger partial charge on any atom is -0.333 e. The van der Waals surface area contributed by atoms with E-state index in [1.165, 1.54) is 24.9 Å². The molecule has 3 rings (SSSR count). The third-order valence-corrected chi connectivity index (χ3v) is 3.41. The van der Waals surface area contributed by atoms with Crippen LogP contribution >= 0.6 is 12.2 Å². The van der Waals surface area contributed by atoms with E-state index < -0.39 is 0 Å². The monoisotopic (exact) mass is 354 g/mol. The van der Waals surface area contributed by atoms with Crippen LogP contribution in [0.4, 0.5) is 5.82 Å². The van der Waals surface area contributed by atoms with Crippen LogP contribution in [0.2, 0.25) is 0 Å². The van der Waals surface area contributed by atoms with Crippen molar-refractivity contribution in [1.29, 1.82) is 0 Å². The summed E-state index contributed by atoms with van der Waals surface area (Å²) < 4.78 is 0. The number of carbonyl (C=O) groups excluding carboxylic acids is 1. The van der Waals surface area contributed by atoms with Gasteiger partial charge in [0.15, 0.2) is 11.6 Å². The number of Topliss-reactive ketones (excluding diaryl/α,β-unsaturated/α-hetero) is 1. The van der Waals surface area contributed by atoms with Gasteiger partial charge in [0, 0.05) is 25.7 Å². The molecule has 25 heavy (non-hydrogen) atoms. The van der Waals surface area contributed by atoms with E-state index in [-0.39, 0.29) is 5.78 Å². The number of H-pyrrole nitrogens is 1. The van der Waals surface area contributed by atoms with Gasteiger partial charge >= 0.3 is 0 Å². The molecule has 0 aliphatic rings. The first kappa shape index (κ1) is 18.3. The molecule has 0 fully saturated rings. The summed E-state index contributed by atoms with van der Waals surface area (Å²) in [6.45, 7) is 1.46. The minimum absolute atomic E-state index is 0.133. The first-order valence-electron chi connectivity index (χ1n) is 7.62. The second kappa shape index (κ2) is 9.99. The van der Waals surface area contributed by atoms with Gasteiger partial charge in [0.05, 0.1) is 17.4 Å². The average Bonchev–Trinajstić information content (AvgIpc) is 3.21. The van der Waals surface area contributed by atoms with E-state index in [4.69, 9.17) is 12.2 Å². The summed E-state index contributed by atoms with van der Waals surface area (Å²) in [7, 11) is 0. The molecule has 0 spiro atoms. The molecular formula is C17H18N6OS. The molecule has 1 aromatic carbocycles. The average molecular weight is 354 g/mol. The number of nitrogens with zero attached hydrogens (tertiary/aromatic N) is 4. The lowest BCUT2D eigenvalue weighted by atomic mass is 10.1. The third kappa shape index (κ3) is 6.56. The number of hydrogen-bond acceptors (Lipinski definition) is 6. The van der Waals surface area contributed by atoms with Gasteiger partial charge in [-0.3, -0.25) is 4.79 Å². The number of aromatic amines is 1. The molecule has 7 nitrogen and oxygen atoms in total. The zero-order chi connectivity index (χ0) is 17.9. The Morgan fingerprint density at radius 2 is 1.76 bits per heavy atom. The Morgan fingerprint density at radius 1 is 1.08 bits per heavy atom. The van der Waals surface area contributed by atoms with Crippen LogP contribution in [0.15, 0.2) is 55.1 Å². The number of carbonyl (C=O) groups is 1. The highest BCUT2D eigenvalue weighted by Crippen LogP contribution is 2.11. The molecule has 0 unspecified atom stereocenters. The Hall–Kier alpha value is -3.00. The summed E-state index contributed by atoms with van der Waals surface area (Å²) in [5.74, 6) is 0.296. The number of hydrogen-bond donors (Lipinski definition) is 2. The molecule has 2 aromatic heterocycles. The van der Waals surface area contributed by atoms with Crippen LogP contribution in [0.1, 0.15) is 29.4 Å². The second-order valence-electron chi connectivity index (χ2n) is 5.00. The molecule has 0 atom stereocenters. The van der Waals surface area contributed by atoms with Crippen LogP contribution in [-0.2, 0) is 6.42 Å². The van der Waals surface area contributed by atoms with Gasteiger partial charge in [0.1, 0.15) is 5.69 Å². The number of ketones is 1. The molecule has 0 aliphatic carbocycles. The van der Waals surface area contributed by atoms with Crippen LogP contribution in [-0.4, -0.2) is 36.2 Å². The van der Waals surface area contributed by atoms with Gasteiger partial charge in [-0.25, -0.2) is 9.97 Å². The molecule has 0 radical (unpaired) electrons. The van der Waals surface area contributed by atoms with Gasteiger partial charge in [0.2, 0.25) is 0 Å². The van der Waals surface area contributed by atoms with Crippen molar-refractivity contribution >= 4 is 28.8 Å². The summed E-state index contributed by atoms with van der Waals surface area (Å²) in [5.41, 5.74) is 1.54. The smallest absolute Gasteiger partial charge is 0.181 e. The Balaban J connectivity index is 0.000000386. The molecule has 3 aromatic rings. The second-order valence-corrected chi connectivity index (χ2v) is 5.49. The highest BCUT2D eigenvalue weighted by atomic mass is 32.1. The van der Waals surface area contributed by atoms with Crippen molar-refractivity contribution in [2.75, 3.05) is 5.32 Å². The van der Waals surface area contributed by atoms with Crippen molar-refractivity contribution < 1.29 is 4.79 Å². The highest BCUT2D eigenvalue weighted by Gasteiger charge is 2.10. The van der Waals surface area contributed by atoms with Gasteiger partial charge < -0.3 is 5.32 Å². The van der Waals surface area contributed by atoms with Crippen LogP contribution in [0.3, 0.4) is 0 Å². The van der Waals surface area contributed by atoms with E-state index in [0.29, 0.717) is 22.9 Å². The zero-order valence-corrected chi connectivity index (χ0v) is 14.5. The van der Waals surface area contributed by atoms with Crippen molar-refractivity contribution in [2.24, 2.45) is 0 Å². The predicted molar refractivity (Wildman–Crippen MR) is 99.4 cm³/mol. The lowest BCUT2D eigenvalue weighted by Crippen LogP contribution is -2.15. The molecule has 2 N–H and O–H groups in total. The van der Waals surface area contributed by atoms with Gasteiger partial charge in [0.25, 0.3) is 0 Å². The van der Waals surface area contributed by atoms with Crippen LogP contribution in [0.5, 0.6) is 0 Å². The number of thiocarbonyl (C=S) groups is 1. The molecule has 128 valence electrons. The summed E-state index contributed by atoms with van der Waals surface area (Å²) in [4.78, 5) is 20.2. The number of benzene rings is 1. The van der Waals surface area contributed by atoms with Crippen molar-refractivity contribution in [1.82, 2.24) is 25.4 Å². The van der Waals surface area contributed by atoms with Crippen molar-refractivity contribution in [3.05, 3.63) is 66.4 Å². The lowest BCUT2D eigenvalue weighted by Gasteiger charge is -2.09. The first-order chi connectivity index (χ1) is 12.2. The van der Waals surface area contributed by atoms with E-state index in [1.807, 2.05) is 18.2 Å². The topological polar surface area (TPSA) is 96.5 Å². The van der Waals surface area contributed by atoms with Crippen LogP contribution < -0.4 is 5.32 Å². The third-order valence-electron chi connectivity index (χ3n) is 3.10. The number of aromatic nitrogens is 5. The Labute approximate surface area is 150 Å². The fourth-order valence-corrected chi connectivity index (χ4v) is 2.15. The Bertz CT molecular complexity index is 775. The van der Waals surface area contributed by atoms with Crippen LogP contribution in [0.25, 0.3) is 0 Å². The van der Waals surface area contributed by atoms with Crippen LogP contribution in [0, 0.1) is 0 Å².